The van der Waals surface area contributed by atoms with Crippen molar-refractivity contribution in [2.75, 3.05) is 5.32 Å². The van der Waals surface area contributed by atoms with Gasteiger partial charge in [0.15, 0.2) is 5.78 Å². The van der Waals surface area contributed by atoms with E-state index in [-0.39, 0.29) is 34.7 Å². The number of hydrogen-bond acceptors (Lipinski definition) is 4. The van der Waals surface area contributed by atoms with E-state index >= 15 is 0 Å². The molecule has 1 aliphatic rings. The van der Waals surface area contributed by atoms with Gasteiger partial charge in [0, 0.05) is 29.3 Å². The van der Waals surface area contributed by atoms with Gasteiger partial charge >= 0.3 is 6.18 Å². The highest BCUT2D eigenvalue weighted by Crippen LogP contribution is 2.30. The fourth-order valence-corrected chi connectivity index (χ4v) is 3.64. The molecule has 3 aromatic rings. The van der Waals surface area contributed by atoms with Crippen LogP contribution >= 0.6 is 0 Å². The summed E-state index contributed by atoms with van der Waals surface area (Å²) in [6.07, 6.45) is -3.15. The summed E-state index contributed by atoms with van der Waals surface area (Å²) in [5, 5.41) is 5.46. The predicted molar refractivity (Wildman–Crippen MR) is 120 cm³/mol. The van der Waals surface area contributed by atoms with Crippen LogP contribution in [0.15, 0.2) is 90.6 Å². The van der Waals surface area contributed by atoms with Gasteiger partial charge in [0.25, 0.3) is 0 Å². The number of anilines is 1. The third-order valence-electron chi connectivity index (χ3n) is 5.37. The van der Waals surface area contributed by atoms with Crippen LogP contribution in [0.25, 0.3) is 0 Å². The molecule has 1 aliphatic carbocycles. The number of carbonyl (C=O) groups is 3. The molecule has 8 heteroatoms. The molecule has 3 aromatic carbocycles. The number of ketones is 2. The average molecular weight is 464 g/mol. The van der Waals surface area contributed by atoms with Gasteiger partial charge in [-0.25, -0.2) is 0 Å². The Morgan fingerprint density at radius 3 is 2.09 bits per heavy atom. The van der Waals surface area contributed by atoms with Crippen molar-refractivity contribution in [2.45, 2.75) is 18.6 Å². The third-order valence-corrected chi connectivity index (χ3v) is 5.37. The van der Waals surface area contributed by atoms with Crippen LogP contribution in [0.2, 0.25) is 0 Å². The van der Waals surface area contributed by atoms with Crippen molar-refractivity contribution < 1.29 is 27.6 Å². The van der Waals surface area contributed by atoms with Crippen LogP contribution in [0, 0.1) is 0 Å². The molecule has 0 heterocycles. The molecule has 1 atom stereocenters. The monoisotopic (exact) mass is 464 g/mol. The molecular formula is C26H19F3N2O3. The Bertz CT molecular complexity index is 1270. The minimum absolute atomic E-state index is 0.0211. The van der Waals surface area contributed by atoms with Gasteiger partial charge < -0.3 is 10.6 Å². The topological polar surface area (TPSA) is 75.3 Å². The zero-order chi connectivity index (χ0) is 24.3. The standard InChI is InChI=1S/C26H19F3N2O3/c27-26(28,29)17-10-12-18(13-11-17)30-25(34)22(14-16-6-2-1-3-7-16)31-21-15-23(32)19-8-4-5-9-20(19)24(21)33/h1-13,15,22,31H,14H2,(H,30,34). The van der Waals surface area contributed by atoms with Gasteiger partial charge in [0.1, 0.15) is 6.04 Å². The minimum Gasteiger partial charge on any atom is -0.370 e. The summed E-state index contributed by atoms with van der Waals surface area (Å²) in [5.41, 5.74) is 0.624. The van der Waals surface area contributed by atoms with Crippen LogP contribution in [0.1, 0.15) is 31.8 Å². The van der Waals surface area contributed by atoms with Gasteiger partial charge in [0.05, 0.1) is 11.3 Å². The second kappa shape index (κ2) is 9.35. The number of alkyl halides is 3. The Morgan fingerprint density at radius 1 is 0.824 bits per heavy atom. The van der Waals surface area contributed by atoms with E-state index in [0.29, 0.717) is 0 Å². The number of allylic oxidation sites excluding steroid dienone is 2. The number of rotatable bonds is 6. The fourth-order valence-electron chi connectivity index (χ4n) is 3.64. The van der Waals surface area contributed by atoms with E-state index in [4.69, 9.17) is 0 Å². The lowest BCUT2D eigenvalue weighted by atomic mass is 9.92. The Hall–Kier alpha value is -4.20. The Labute approximate surface area is 193 Å². The first kappa shape index (κ1) is 23.0. The number of fused-ring (bicyclic) bond motifs is 1. The average Bonchev–Trinajstić information content (AvgIpc) is 2.82. The first-order valence-corrected chi connectivity index (χ1v) is 10.4. The van der Waals surface area contributed by atoms with E-state index < -0.39 is 29.5 Å². The summed E-state index contributed by atoms with van der Waals surface area (Å²) in [4.78, 5) is 38.5. The van der Waals surface area contributed by atoms with Crippen LogP contribution in [-0.2, 0) is 17.4 Å². The van der Waals surface area contributed by atoms with Crippen LogP contribution in [0.5, 0.6) is 0 Å². The summed E-state index contributed by atoms with van der Waals surface area (Å²) in [6.45, 7) is 0. The number of halogens is 3. The van der Waals surface area contributed by atoms with E-state index in [2.05, 4.69) is 10.6 Å². The second-order valence-electron chi connectivity index (χ2n) is 7.75. The summed E-state index contributed by atoms with van der Waals surface area (Å²) in [6, 6.07) is 18.5. The highest BCUT2D eigenvalue weighted by atomic mass is 19.4. The summed E-state index contributed by atoms with van der Waals surface area (Å²) < 4.78 is 38.5. The molecule has 4 rings (SSSR count). The molecule has 34 heavy (non-hydrogen) atoms. The number of nitrogens with one attached hydrogen (secondary N) is 2. The van der Waals surface area contributed by atoms with Crippen LogP contribution in [0.4, 0.5) is 18.9 Å². The van der Waals surface area contributed by atoms with Crippen molar-refractivity contribution >= 4 is 23.2 Å². The lowest BCUT2D eigenvalue weighted by molar-refractivity contribution is -0.137. The normalized spacial score (nSPS) is 14.1. The van der Waals surface area contributed by atoms with Gasteiger partial charge in [-0.05, 0) is 29.8 Å². The zero-order valence-electron chi connectivity index (χ0n) is 17.7. The molecule has 0 radical (unpaired) electrons. The molecule has 5 nitrogen and oxygen atoms in total. The largest absolute Gasteiger partial charge is 0.416 e. The summed E-state index contributed by atoms with van der Waals surface area (Å²) >= 11 is 0. The highest BCUT2D eigenvalue weighted by Gasteiger charge is 2.31. The van der Waals surface area contributed by atoms with Gasteiger partial charge in [-0.3, -0.25) is 14.4 Å². The molecular weight excluding hydrogens is 445 g/mol. The molecule has 0 aliphatic heterocycles. The van der Waals surface area contributed by atoms with Gasteiger partial charge in [-0.15, -0.1) is 0 Å². The van der Waals surface area contributed by atoms with Gasteiger partial charge in [-0.1, -0.05) is 54.6 Å². The van der Waals surface area contributed by atoms with E-state index in [0.717, 1.165) is 35.9 Å². The highest BCUT2D eigenvalue weighted by molar-refractivity contribution is 6.24. The number of hydrogen-bond donors (Lipinski definition) is 2. The second-order valence-corrected chi connectivity index (χ2v) is 7.75. The van der Waals surface area contributed by atoms with E-state index in [1.165, 1.54) is 0 Å². The van der Waals surface area contributed by atoms with E-state index in [1.807, 2.05) is 6.07 Å². The Morgan fingerprint density at radius 2 is 1.44 bits per heavy atom. The quantitative estimate of drug-likeness (QED) is 0.549. The molecule has 0 bridgehead atoms. The Balaban J connectivity index is 1.58. The molecule has 0 saturated carbocycles. The molecule has 0 spiro atoms. The number of Topliss-reactive ketones (excluding diaryl/α,β-unsaturated/α-hetero) is 1. The van der Waals surface area contributed by atoms with E-state index in [9.17, 15) is 27.6 Å². The maximum atomic E-state index is 13.1. The summed E-state index contributed by atoms with van der Waals surface area (Å²) in [5.74, 6) is -1.35. The maximum Gasteiger partial charge on any atom is 0.416 e. The minimum atomic E-state index is -4.49. The van der Waals surface area contributed by atoms with Crippen molar-refractivity contribution in [1.29, 1.82) is 0 Å². The SMILES string of the molecule is O=C1C=C(NC(Cc2ccccc2)C(=O)Nc2ccc(C(F)(F)F)cc2)C(=O)c2ccccc21. The first-order valence-electron chi connectivity index (χ1n) is 10.4. The van der Waals surface area contributed by atoms with Crippen LogP contribution in [-0.4, -0.2) is 23.5 Å². The van der Waals surface area contributed by atoms with Crippen LogP contribution < -0.4 is 10.6 Å². The Kier molecular flexibility index (Phi) is 6.32. The van der Waals surface area contributed by atoms with Crippen molar-refractivity contribution in [3.8, 4) is 0 Å². The van der Waals surface area contributed by atoms with Crippen molar-refractivity contribution in [3.05, 3.63) is 113 Å². The molecule has 2 N–H and O–H groups in total. The molecule has 0 saturated heterocycles. The van der Waals surface area contributed by atoms with Crippen molar-refractivity contribution in [1.82, 2.24) is 5.32 Å². The third kappa shape index (κ3) is 5.06. The van der Waals surface area contributed by atoms with Gasteiger partial charge in [0.2, 0.25) is 11.7 Å². The van der Waals surface area contributed by atoms with Crippen molar-refractivity contribution in [3.63, 3.8) is 0 Å². The van der Waals surface area contributed by atoms with Gasteiger partial charge in [-0.2, -0.15) is 13.2 Å². The lowest BCUT2D eigenvalue weighted by Gasteiger charge is -2.23. The molecule has 172 valence electrons. The first-order chi connectivity index (χ1) is 16.2. The molecule has 1 amide bonds. The fraction of sp³-hybridized carbons (Fsp3) is 0.115. The van der Waals surface area contributed by atoms with Crippen LogP contribution in [0.3, 0.4) is 0 Å². The molecule has 1 unspecified atom stereocenters. The predicted octanol–water partition coefficient (Wildman–Crippen LogP) is 4.81. The molecule has 0 fully saturated rings. The lowest BCUT2D eigenvalue weighted by Crippen LogP contribution is -2.44. The maximum absolute atomic E-state index is 13.1. The number of amides is 1. The van der Waals surface area contributed by atoms with E-state index in [1.54, 1.807) is 48.5 Å². The molecule has 0 aromatic heterocycles. The smallest absolute Gasteiger partial charge is 0.370 e. The summed E-state index contributed by atoms with van der Waals surface area (Å²) in [7, 11) is 0. The van der Waals surface area contributed by atoms with Crippen molar-refractivity contribution in [2.24, 2.45) is 0 Å². The zero-order valence-corrected chi connectivity index (χ0v) is 17.7. The number of carbonyl (C=O) groups excluding carboxylic acids is 3. The number of benzene rings is 3.